The molecule has 2 rings (SSSR count). The van der Waals surface area contributed by atoms with Gasteiger partial charge in [-0.05, 0) is 30.5 Å². The van der Waals surface area contributed by atoms with Crippen molar-refractivity contribution in [2.45, 2.75) is 13.5 Å². The molecule has 4 nitrogen and oxygen atoms in total. The van der Waals surface area contributed by atoms with Gasteiger partial charge in [-0.15, -0.1) is 11.3 Å². The second-order valence-electron chi connectivity index (χ2n) is 4.25. The van der Waals surface area contributed by atoms with Crippen LogP contribution in [-0.4, -0.2) is 20.1 Å². The summed E-state index contributed by atoms with van der Waals surface area (Å²) in [5.41, 5.74) is 1.86. The lowest BCUT2D eigenvalue weighted by molar-refractivity contribution is 0.0954. The minimum atomic E-state index is -0.0736. The fourth-order valence-corrected chi connectivity index (χ4v) is 2.68. The molecule has 0 fully saturated rings. The molecule has 0 spiro atoms. The molecule has 0 radical (unpaired) electrons. The van der Waals surface area contributed by atoms with E-state index >= 15 is 0 Å². The van der Waals surface area contributed by atoms with Gasteiger partial charge in [-0.3, -0.25) is 4.79 Å². The lowest BCUT2D eigenvalue weighted by Crippen LogP contribution is -2.22. The maximum atomic E-state index is 11.9. The number of carbonyl (C=O) groups is 1. The van der Waals surface area contributed by atoms with E-state index in [9.17, 15) is 4.79 Å². The number of carbonyl (C=O) groups excluding carboxylic acids is 1. The van der Waals surface area contributed by atoms with E-state index in [1.807, 2.05) is 30.5 Å². The van der Waals surface area contributed by atoms with Crippen molar-refractivity contribution in [1.29, 1.82) is 0 Å². The van der Waals surface area contributed by atoms with Gasteiger partial charge in [0.2, 0.25) is 0 Å². The second kappa shape index (κ2) is 6.43. The first-order valence-corrected chi connectivity index (χ1v) is 7.07. The van der Waals surface area contributed by atoms with E-state index in [-0.39, 0.29) is 5.91 Å². The van der Waals surface area contributed by atoms with Gasteiger partial charge in [-0.1, -0.05) is 6.07 Å². The highest BCUT2D eigenvalue weighted by atomic mass is 32.1. The van der Waals surface area contributed by atoms with Crippen molar-refractivity contribution in [3.05, 3.63) is 45.6 Å². The third-order valence-electron chi connectivity index (χ3n) is 3.05. The number of methoxy groups -OCH3 is 2. The molecule has 1 aromatic heterocycles. The van der Waals surface area contributed by atoms with E-state index in [1.54, 1.807) is 20.3 Å². The van der Waals surface area contributed by atoms with Crippen LogP contribution in [-0.2, 0) is 6.54 Å². The number of benzene rings is 1. The van der Waals surface area contributed by atoms with Crippen LogP contribution in [0.1, 0.15) is 20.8 Å². The first-order valence-electron chi connectivity index (χ1n) is 6.19. The Bertz CT molecular complexity index is 593. The third-order valence-corrected chi connectivity index (χ3v) is 3.91. The van der Waals surface area contributed by atoms with Crippen molar-refractivity contribution in [3.63, 3.8) is 0 Å². The van der Waals surface area contributed by atoms with Crippen molar-refractivity contribution in [1.82, 2.24) is 5.32 Å². The highest BCUT2D eigenvalue weighted by Gasteiger charge is 2.12. The molecule has 5 heteroatoms. The Hall–Kier alpha value is -2.01. The minimum Gasteiger partial charge on any atom is -0.496 e. The van der Waals surface area contributed by atoms with E-state index in [0.717, 1.165) is 22.6 Å². The maximum absolute atomic E-state index is 11.9. The molecule has 1 heterocycles. The lowest BCUT2D eigenvalue weighted by atomic mass is 10.1. The number of thiophene rings is 1. The summed E-state index contributed by atoms with van der Waals surface area (Å²) < 4.78 is 10.7. The molecule has 2 aromatic rings. The van der Waals surface area contributed by atoms with Crippen molar-refractivity contribution in [2.75, 3.05) is 14.2 Å². The number of rotatable bonds is 5. The van der Waals surface area contributed by atoms with Gasteiger partial charge in [-0.25, -0.2) is 0 Å². The largest absolute Gasteiger partial charge is 0.496 e. The molecule has 1 aromatic carbocycles. The van der Waals surface area contributed by atoms with Gasteiger partial charge in [0.1, 0.15) is 11.5 Å². The standard InChI is InChI=1S/C15H17NO3S/c1-10-12(18-2)7-6-11(14(10)19-3)9-16-15(17)13-5-4-8-20-13/h4-8H,9H2,1-3H3,(H,16,17). The van der Waals surface area contributed by atoms with Crippen LogP contribution in [0, 0.1) is 6.92 Å². The Morgan fingerprint density at radius 3 is 2.65 bits per heavy atom. The van der Waals surface area contributed by atoms with E-state index in [1.165, 1.54) is 11.3 Å². The smallest absolute Gasteiger partial charge is 0.261 e. The molecule has 0 saturated carbocycles. The highest BCUT2D eigenvalue weighted by Crippen LogP contribution is 2.31. The minimum absolute atomic E-state index is 0.0736. The Kier molecular flexibility index (Phi) is 4.63. The first kappa shape index (κ1) is 14.4. The van der Waals surface area contributed by atoms with Crippen molar-refractivity contribution in [2.24, 2.45) is 0 Å². The van der Waals surface area contributed by atoms with Crippen LogP contribution in [0.4, 0.5) is 0 Å². The van der Waals surface area contributed by atoms with Crippen LogP contribution in [0.3, 0.4) is 0 Å². The Labute approximate surface area is 122 Å². The molecule has 0 saturated heterocycles. The topological polar surface area (TPSA) is 47.6 Å². The molecule has 0 aliphatic carbocycles. The second-order valence-corrected chi connectivity index (χ2v) is 5.19. The van der Waals surface area contributed by atoms with Crippen molar-refractivity contribution in [3.8, 4) is 11.5 Å². The first-order chi connectivity index (χ1) is 9.67. The molecule has 0 aliphatic rings. The summed E-state index contributed by atoms with van der Waals surface area (Å²) >= 11 is 1.42. The fourth-order valence-electron chi connectivity index (χ4n) is 2.04. The van der Waals surface area contributed by atoms with E-state index < -0.39 is 0 Å². The summed E-state index contributed by atoms with van der Waals surface area (Å²) in [7, 11) is 3.24. The van der Waals surface area contributed by atoms with E-state index in [2.05, 4.69) is 5.32 Å². The van der Waals surface area contributed by atoms with Crippen LogP contribution in [0.5, 0.6) is 11.5 Å². The number of hydrogen-bond acceptors (Lipinski definition) is 4. The third kappa shape index (κ3) is 2.93. The van der Waals surface area contributed by atoms with Gasteiger partial charge >= 0.3 is 0 Å². The van der Waals surface area contributed by atoms with Gasteiger partial charge in [-0.2, -0.15) is 0 Å². The molecule has 0 bridgehead atoms. The van der Waals surface area contributed by atoms with Crippen LogP contribution in [0.15, 0.2) is 29.6 Å². The summed E-state index contributed by atoms with van der Waals surface area (Å²) in [6.07, 6.45) is 0. The Balaban J connectivity index is 2.13. The van der Waals surface area contributed by atoms with Crippen LogP contribution >= 0.6 is 11.3 Å². The van der Waals surface area contributed by atoms with Gasteiger partial charge in [0, 0.05) is 17.7 Å². The van der Waals surface area contributed by atoms with Gasteiger partial charge in [0.15, 0.2) is 0 Å². The Morgan fingerprint density at radius 2 is 2.05 bits per heavy atom. The summed E-state index contributed by atoms with van der Waals surface area (Å²) in [5, 5.41) is 4.77. The molecule has 0 unspecified atom stereocenters. The number of amides is 1. The lowest BCUT2D eigenvalue weighted by Gasteiger charge is -2.14. The quantitative estimate of drug-likeness (QED) is 0.921. The van der Waals surface area contributed by atoms with E-state index in [0.29, 0.717) is 11.4 Å². The molecular formula is C15H17NO3S. The van der Waals surface area contributed by atoms with Gasteiger partial charge < -0.3 is 14.8 Å². The van der Waals surface area contributed by atoms with Gasteiger partial charge in [0.25, 0.3) is 5.91 Å². The van der Waals surface area contributed by atoms with Crippen molar-refractivity contribution < 1.29 is 14.3 Å². The zero-order valence-electron chi connectivity index (χ0n) is 11.7. The Morgan fingerprint density at radius 1 is 1.25 bits per heavy atom. The SMILES string of the molecule is COc1ccc(CNC(=O)c2cccs2)c(OC)c1C. The summed E-state index contributed by atoms with van der Waals surface area (Å²) in [6.45, 7) is 2.35. The summed E-state index contributed by atoms with van der Waals surface area (Å²) in [5.74, 6) is 1.45. The van der Waals surface area contributed by atoms with Crippen LogP contribution < -0.4 is 14.8 Å². The fraction of sp³-hybridized carbons (Fsp3) is 0.267. The molecule has 1 amide bonds. The predicted octanol–water partition coefficient (Wildman–Crippen LogP) is 3.00. The maximum Gasteiger partial charge on any atom is 0.261 e. The molecule has 20 heavy (non-hydrogen) atoms. The van der Waals surface area contributed by atoms with Crippen LogP contribution in [0.2, 0.25) is 0 Å². The zero-order valence-corrected chi connectivity index (χ0v) is 12.5. The van der Waals surface area contributed by atoms with Crippen molar-refractivity contribution >= 4 is 17.2 Å². The monoisotopic (exact) mass is 291 g/mol. The van der Waals surface area contributed by atoms with Crippen LogP contribution in [0.25, 0.3) is 0 Å². The summed E-state index contributed by atoms with van der Waals surface area (Å²) in [6, 6.07) is 7.44. The predicted molar refractivity (Wildman–Crippen MR) is 79.8 cm³/mol. The molecule has 0 atom stereocenters. The number of nitrogens with one attached hydrogen (secondary N) is 1. The molecular weight excluding hydrogens is 274 g/mol. The van der Waals surface area contributed by atoms with Gasteiger partial charge in [0.05, 0.1) is 19.1 Å². The average molecular weight is 291 g/mol. The van der Waals surface area contributed by atoms with E-state index in [4.69, 9.17) is 9.47 Å². The normalized spacial score (nSPS) is 10.2. The molecule has 0 aliphatic heterocycles. The average Bonchev–Trinajstić information content (AvgIpc) is 2.99. The number of hydrogen-bond donors (Lipinski definition) is 1. The highest BCUT2D eigenvalue weighted by molar-refractivity contribution is 7.12. The number of ether oxygens (including phenoxy) is 2. The zero-order chi connectivity index (χ0) is 14.5. The summed E-state index contributed by atoms with van der Waals surface area (Å²) in [4.78, 5) is 12.6. The molecule has 1 N–H and O–H groups in total. The molecule has 106 valence electrons.